The van der Waals surface area contributed by atoms with Gasteiger partial charge in [-0.25, -0.2) is 0 Å². The summed E-state index contributed by atoms with van der Waals surface area (Å²) in [5, 5.41) is 13.5. The fourth-order valence-corrected chi connectivity index (χ4v) is 2.18. The number of benzene rings is 1. The van der Waals surface area contributed by atoms with Crippen molar-refractivity contribution >= 4 is 17.6 Å². The highest BCUT2D eigenvalue weighted by molar-refractivity contribution is 6.30. The molecule has 0 radical (unpaired) electrons. The number of ether oxygens (including phenoxy) is 1. The highest BCUT2D eigenvalue weighted by atomic mass is 35.5. The molecule has 0 fully saturated rings. The van der Waals surface area contributed by atoms with Crippen LogP contribution in [0.5, 0.6) is 5.75 Å². The van der Waals surface area contributed by atoms with Crippen molar-refractivity contribution in [1.29, 1.82) is 0 Å². The monoisotopic (exact) mass is 309 g/mol. The molecule has 0 aliphatic carbocycles. The Morgan fingerprint density at radius 2 is 2.33 bits per heavy atom. The third-order valence-electron chi connectivity index (χ3n) is 3.05. The van der Waals surface area contributed by atoms with Gasteiger partial charge in [0.25, 0.3) is 0 Å². The maximum atomic E-state index is 10.8. The summed E-state index contributed by atoms with van der Waals surface area (Å²) in [6.45, 7) is 0.478. The van der Waals surface area contributed by atoms with Gasteiger partial charge < -0.3 is 15.6 Å². The molecule has 0 saturated carbocycles. The van der Waals surface area contributed by atoms with E-state index in [2.05, 4.69) is 5.10 Å². The maximum absolute atomic E-state index is 10.8. The molecule has 3 N–H and O–H groups in total. The van der Waals surface area contributed by atoms with E-state index in [1.165, 1.54) is 0 Å². The van der Waals surface area contributed by atoms with E-state index >= 15 is 0 Å². The summed E-state index contributed by atoms with van der Waals surface area (Å²) in [5.41, 5.74) is 7.27. The summed E-state index contributed by atoms with van der Waals surface area (Å²) in [7, 11) is 1.58. The summed E-state index contributed by atoms with van der Waals surface area (Å²) < 4.78 is 6.99. The first-order chi connectivity index (χ1) is 9.99. The van der Waals surface area contributed by atoms with Crippen LogP contribution in [0.15, 0.2) is 30.6 Å². The number of carboxylic acid groups (broad SMARTS) is 1. The lowest BCUT2D eigenvalue weighted by molar-refractivity contribution is -0.138. The zero-order chi connectivity index (χ0) is 15.4. The van der Waals surface area contributed by atoms with Gasteiger partial charge in [0.2, 0.25) is 0 Å². The number of aromatic nitrogens is 2. The number of carboxylic acids is 1. The van der Waals surface area contributed by atoms with E-state index in [1.54, 1.807) is 36.3 Å². The average Bonchev–Trinajstić information content (AvgIpc) is 2.84. The first kappa shape index (κ1) is 15.3. The summed E-state index contributed by atoms with van der Waals surface area (Å²) in [6.07, 6.45) is 3.51. The first-order valence-electron chi connectivity index (χ1n) is 6.31. The van der Waals surface area contributed by atoms with E-state index < -0.39 is 12.0 Å². The van der Waals surface area contributed by atoms with Crippen molar-refractivity contribution in [3.8, 4) is 5.75 Å². The largest absolute Gasteiger partial charge is 0.496 e. The van der Waals surface area contributed by atoms with Gasteiger partial charge in [0.15, 0.2) is 0 Å². The second kappa shape index (κ2) is 6.60. The number of hydrogen-bond donors (Lipinski definition) is 2. The zero-order valence-electron chi connectivity index (χ0n) is 11.5. The predicted molar refractivity (Wildman–Crippen MR) is 78.6 cm³/mol. The third-order valence-corrected chi connectivity index (χ3v) is 3.25. The standard InChI is InChI=1S/C14H16ClN3O3/c1-21-13-3-2-9(5-12(16)14(19)20)4-10(13)7-18-8-11(15)6-17-18/h2-4,6,8,12H,5,7,16H2,1H3,(H,19,20). The van der Waals surface area contributed by atoms with Crippen molar-refractivity contribution in [3.05, 3.63) is 46.7 Å². The van der Waals surface area contributed by atoms with Crippen LogP contribution in [0.4, 0.5) is 0 Å². The molecule has 1 aromatic heterocycles. The number of halogens is 1. The van der Waals surface area contributed by atoms with Crippen molar-refractivity contribution in [2.24, 2.45) is 5.73 Å². The van der Waals surface area contributed by atoms with Gasteiger partial charge in [-0.15, -0.1) is 0 Å². The lowest BCUT2D eigenvalue weighted by Gasteiger charge is -2.12. The van der Waals surface area contributed by atoms with Gasteiger partial charge in [-0.2, -0.15) is 5.10 Å². The molecule has 0 aliphatic heterocycles. The topological polar surface area (TPSA) is 90.4 Å². The average molecular weight is 310 g/mol. The predicted octanol–water partition coefficient (Wildman–Crippen LogP) is 1.55. The van der Waals surface area contributed by atoms with Gasteiger partial charge in [-0.05, 0) is 18.1 Å². The number of aliphatic carboxylic acids is 1. The van der Waals surface area contributed by atoms with E-state index in [0.717, 1.165) is 11.1 Å². The SMILES string of the molecule is COc1ccc(CC(N)C(=O)O)cc1Cn1cc(Cl)cn1. The molecular formula is C14H16ClN3O3. The second-order valence-corrected chi connectivity index (χ2v) is 5.09. The minimum absolute atomic E-state index is 0.256. The van der Waals surface area contributed by atoms with Crippen LogP contribution in [0.1, 0.15) is 11.1 Å². The third kappa shape index (κ3) is 3.96. The van der Waals surface area contributed by atoms with Gasteiger partial charge in [0, 0.05) is 11.8 Å². The Kier molecular flexibility index (Phi) is 4.82. The smallest absolute Gasteiger partial charge is 0.320 e. The van der Waals surface area contributed by atoms with Crippen LogP contribution in [0.25, 0.3) is 0 Å². The fraction of sp³-hybridized carbons (Fsp3) is 0.286. The number of nitrogens with zero attached hydrogens (tertiary/aromatic N) is 2. The number of methoxy groups -OCH3 is 1. The van der Waals surface area contributed by atoms with Crippen LogP contribution < -0.4 is 10.5 Å². The summed E-state index contributed by atoms with van der Waals surface area (Å²) in [6, 6.07) is 4.55. The van der Waals surface area contributed by atoms with Crippen molar-refractivity contribution in [2.75, 3.05) is 7.11 Å². The Bertz CT molecular complexity index is 642. The Balaban J connectivity index is 2.23. The molecule has 1 heterocycles. The van der Waals surface area contributed by atoms with E-state index in [-0.39, 0.29) is 6.42 Å². The van der Waals surface area contributed by atoms with Crippen LogP contribution >= 0.6 is 11.6 Å². The molecule has 2 aromatic rings. The molecule has 1 unspecified atom stereocenters. The molecule has 21 heavy (non-hydrogen) atoms. The zero-order valence-corrected chi connectivity index (χ0v) is 12.2. The van der Waals surface area contributed by atoms with E-state index in [9.17, 15) is 4.79 Å². The molecule has 0 spiro atoms. The Morgan fingerprint density at radius 3 is 2.90 bits per heavy atom. The Hall–Kier alpha value is -2.05. The normalized spacial score (nSPS) is 12.1. The van der Waals surface area contributed by atoms with Crippen molar-refractivity contribution in [1.82, 2.24) is 9.78 Å². The molecule has 7 heteroatoms. The molecule has 0 saturated heterocycles. The summed E-state index contributed by atoms with van der Waals surface area (Å²) >= 11 is 5.84. The number of nitrogens with two attached hydrogens (primary N) is 1. The summed E-state index contributed by atoms with van der Waals surface area (Å²) in [5.74, 6) is -0.319. The molecule has 1 aromatic carbocycles. The number of hydrogen-bond acceptors (Lipinski definition) is 4. The van der Waals surface area contributed by atoms with E-state index in [0.29, 0.717) is 17.3 Å². The van der Waals surface area contributed by atoms with E-state index in [1.807, 2.05) is 6.07 Å². The Morgan fingerprint density at radius 1 is 1.57 bits per heavy atom. The lowest BCUT2D eigenvalue weighted by atomic mass is 10.0. The molecule has 0 amide bonds. The van der Waals surface area contributed by atoms with Crippen LogP contribution in [0.3, 0.4) is 0 Å². The molecular weight excluding hydrogens is 294 g/mol. The maximum Gasteiger partial charge on any atom is 0.320 e. The minimum Gasteiger partial charge on any atom is -0.496 e. The van der Waals surface area contributed by atoms with Gasteiger partial charge in [0.1, 0.15) is 11.8 Å². The second-order valence-electron chi connectivity index (χ2n) is 4.65. The molecule has 1 atom stereocenters. The minimum atomic E-state index is -1.02. The molecule has 0 bridgehead atoms. The lowest BCUT2D eigenvalue weighted by Crippen LogP contribution is -2.32. The van der Waals surface area contributed by atoms with Crippen LogP contribution in [0.2, 0.25) is 5.02 Å². The summed E-state index contributed by atoms with van der Waals surface area (Å²) in [4.78, 5) is 10.8. The fourth-order valence-electron chi connectivity index (χ4n) is 2.02. The highest BCUT2D eigenvalue weighted by Crippen LogP contribution is 2.22. The van der Waals surface area contributed by atoms with Crippen molar-refractivity contribution in [3.63, 3.8) is 0 Å². The van der Waals surface area contributed by atoms with Crippen molar-refractivity contribution < 1.29 is 14.6 Å². The molecule has 112 valence electrons. The molecule has 6 nitrogen and oxygen atoms in total. The van der Waals surface area contributed by atoms with Gasteiger partial charge in [0.05, 0.1) is 24.9 Å². The quantitative estimate of drug-likeness (QED) is 0.845. The van der Waals surface area contributed by atoms with Gasteiger partial charge in [-0.3, -0.25) is 9.48 Å². The Labute approximate surface area is 127 Å². The van der Waals surface area contributed by atoms with E-state index in [4.69, 9.17) is 27.2 Å². The van der Waals surface area contributed by atoms with Crippen molar-refractivity contribution in [2.45, 2.75) is 19.0 Å². The first-order valence-corrected chi connectivity index (χ1v) is 6.69. The number of carbonyl (C=O) groups is 1. The van der Waals surface area contributed by atoms with Gasteiger partial charge in [-0.1, -0.05) is 23.7 Å². The van der Waals surface area contributed by atoms with Gasteiger partial charge >= 0.3 is 5.97 Å². The highest BCUT2D eigenvalue weighted by Gasteiger charge is 2.14. The van der Waals surface area contributed by atoms with Crippen LogP contribution in [-0.4, -0.2) is 34.0 Å². The van der Waals surface area contributed by atoms with Crippen LogP contribution in [0, 0.1) is 0 Å². The number of rotatable bonds is 6. The molecule has 0 aliphatic rings. The van der Waals surface area contributed by atoms with Crippen LogP contribution in [-0.2, 0) is 17.8 Å². The molecule has 2 rings (SSSR count).